The fraction of sp³-hybridized carbons (Fsp3) is 0.538. The molecular formula is C26H38O5S. The highest BCUT2D eigenvalue weighted by Gasteiger charge is 2.25. The molecule has 0 unspecified atom stereocenters. The lowest BCUT2D eigenvalue weighted by molar-refractivity contribution is -0.120. The molecule has 1 N–H and O–H groups in total. The van der Waals surface area contributed by atoms with Crippen molar-refractivity contribution in [2.24, 2.45) is 5.41 Å². The van der Waals surface area contributed by atoms with E-state index in [0.29, 0.717) is 16.4 Å². The number of ketones is 1. The maximum atomic E-state index is 12.6. The number of rotatable bonds is 8. The average Bonchev–Trinajstić information content (AvgIpc) is 2.74. The van der Waals surface area contributed by atoms with Crippen LogP contribution in [-0.2, 0) is 9.53 Å². The number of ether oxygens (including phenoxy) is 1. The van der Waals surface area contributed by atoms with Crippen LogP contribution < -0.4 is 5.63 Å². The third-order valence-corrected chi connectivity index (χ3v) is 6.06. The molecule has 1 fully saturated rings. The number of Topliss-reactive ketones (excluding diaryl/α,β-unsaturated/α-hetero) is 1. The first-order valence-corrected chi connectivity index (χ1v) is 12.1. The molecule has 1 aromatic rings. The van der Waals surface area contributed by atoms with Gasteiger partial charge in [-0.05, 0) is 36.8 Å². The molecule has 5 nitrogen and oxygen atoms in total. The van der Waals surface area contributed by atoms with Crippen LogP contribution in [0, 0.1) is 5.41 Å². The van der Waals surface area contributed by atoms with Crippen LogP contribution in [0.15, 0.2) is 55.6 Å². The summed E-state index contributed by atoms with van der Waals surface area (Å²) in [7, 11) is 0. The third-order valence-electron chi connectivity index (χ3n) is 5.01. The maximum Gasteiger partial charge on any atom is 0.353 e. The van der Waals surface area contributed by atoms with E-state index in [1.807, 2.05) is 34.6 Å². The van der Waals surface area contributed by atoms with Gasteiger partial charge in [-0.2, -0.15) is 0 Å². The molecule has 0 radical (unpaired) electrons. The highest BCUT2D eigenvalue weighted by Crippen LogP contribution is 2.42. The van der Waals surface area contributed by atoms with E-state index < -0.39 is 5.63 Å². The smallest absolute Gasteiger partial charge is 0.353 e. The number of thioether (sulfide) groups is 1. The van der Waals surface area contributed by atoms with Gasteiger partial charge in [0.25, 0.3) is 0 Å². The quantitative estimate of drug-likeness (QED) is 0.252. The van der Waals surface area contributed by atoms with Crippen molar-refractivity contribution in [2.75, 3.05) is 6.61 Å². The van der Waals surface area contributed by atoms with E-state index in [2.05, 4.69) is 13.2 Å². The molecule has 0 spiro atoms. The summed E-state index contributed by atoms with van der Waals surface area (Å²) in [5, 5.41) is 10.5. The zero-order valence-corrected chi connectivity index (χ0v) is 21.2. The molecule has 0 saturated heterocycles. The van der Waals surface area contributed by atoms with Crippen LogP contribution in [0.3, 0.4) is 0 Å². The van der Waals surface area contributed by atoms with Gasteiger partial charge in [0.15, 0.2) is 5.78 Å². The Labute approximate surface area is 196 Å². The van der Waals surface area contributed by atoms with Crippen LogP contribution in [0.5, 0.6) is 5.75 Å². The second kappa shape index (κ2) is 12.7. The Kier molecular flexibility index (Phi) is 11.1. The Hall–Kier alpha value is -2.21. The zero-order chi connectivity index (χ0) is 24.5. The Morgan fingerprint density at radius 3 is 2.34 bits per heavy atom. The highest BCUT2D eigenvalue weighted by molar-refractivity contribution is 8.03. The number of aromatic hydroxyl groups is 1. The molecule has 1 saturated carbocycles. The number of hydrogen-bond donors (Lipinski definition) is 1. The van der Waals surface area contributed by atoms with Crippen LogP contribution in [0.4, 0.5) is 0 Å². The zero-order valence-electron chi connectivity index (χ0n) is 20.4. The lowest BCUT2D eigenvalue weighted by Gasteiger charge is -2.25. The fourth-order valence-electron chi connectivity index (χ4n) is 3.46. The van der Waals surface area contributed by atoms with Gasteiger partial charge in [0, 0.05) is 16.9 Å². The molecule has 178 valence electrons. The van der Waals surface area contributed by atoms with Crippen molar-refractivity contribution in [1.82, 2.24) is 0 Å². The van der Waals surface area contributed by atoms with Crippen molar-refractivity contribution in [3.8, 4) is 5.75 Å². The summed E-state index contributed by atoms with van der Waals surface area (Å²) >= 11 is 1.07. The maximum absolute atomic E-state index is 12.6. The molecule has 0 aromatic carbocycles. The summed E-state index contributed by atoms with van der Waals surface area (Å²) in [5.74, 6) is 0.894. The summed E-state index contributed by atoms with van der Waals surface area (Å²) in [6.45, 7) is 19.3. The number of carbonyl (C=O) groups excluding carboxylic acids is 1. The normalized spacial score (nSPS) is 14.9. The Balaban J connectivity index is 0.00000249. The molecule has 32 heavy (non-hydrogen) atoms. The van der Waals surface area contributed by atoms with Crippen LogP contribution in [0.25, 0.3) is 0 Å². The number of carbonyl (C=O) groups is 1. The van der Waals surface area contributed by atoms with E-state index in [4.69, 9.17) is 9.15 Å². The van der Waals surface area contributed by atoms with Gasteiger partial charge < -0.3 is 14.3 Å². The molecule has 1 aliphatic rings. The molecule has 2 rings (SSSR count). The van der Waals surface area contributed by atoms with Crippen LogP contribution in [0.1, 0.15) is 85.3 Å². The Bertz CT molecular complexity index is 896. The van der Waals surface area contributed by atoms with Crippen molar-refractivity contribution in [2.45, 2.75) is 84.5 Å². The lowest BCUT2D eigenvalue weighted by Crippen LogP contribution is -2.13. The first-order chi connectivity index (χ1) is 15.0. The molecule has 0 atom stereocenters. The minimum atomic E-state index is -0.554. The van der Waals surface area contributed by atoms with Gasteiger partial charge in [0.1, 0.15) is 28.8 Å². The molecule has 0 aliphatic heterocycles. The monoisotopic (exact) mass is 462 g/mol. The molecule has 1 aromatic heterocycles. The van der Waals surface area contributed by atoms with E-state index in [1.54, 1.807) is 12.1 Å². The highest BCUT2D eigenvalue weighted by atomic mass is 32.2. The van der Waals surface area contributed by atoms with Crippen LogP contribution in [0.2, 0.25) is 0 Å². The van der Waals surface area contributed by atoms with Crippen molar-refractivity contribution in [3.05, 3.63) is 57.7 Å². The van der Waals surface area contributed by atoms with Crippen molar-refractivity contribution < 1.29 is 19.1 Å². The predicted molar refractivity (Wildman–Crippen MR) is 132 cm³/mol. The van der Waals surface area contributed by atoms with E-state index >= 15 is 0 Å². The first-order valence-electron chi connectivity index (χ1n) is 11.3. The molecule has 0 amide bonds. The van der Waals surface area contributed by atoms with Gasteiger partial charge in [-0.1, -0.05) is 78.8 Å². The fourth-order valence-corrected chi connectivity index (χ4v) is 4.47. The minimum Gasteiger partial charge on any atom is -0.506 e. The third kappa shape index (κ3) is 8.38. The largest absolute Gasteiger partial charge is 0.506 e. The lowest BCUT2D eigenvalue weighted by atomic mass is 9.86. The van der Waals surface area contributed by atoms with E-state index in [9.17, 15) is 14.7 Å². The number of hydrogen-bond acceptors (Lipinski definition) is 6. The van der Waals surface area contributed by atoms with E-state index in [1.165, 1.54) is 13.3 Å². The van der Waals surface area contributed by atoms with Crippen molar-refractivity contribution in [3.63, 3.8) is 0 Å². The second-order valence-electron chi connectivity index (χ2n) is 8.78. The van der Waals surface area contributed by atoms with Gasteiger partial charge in [-0.3, -0.25) is 4.79 Å². The number of allylic oxidation sites excluding steroid dienone is 2. The summed E-state index contributed by atoms with van der Waals surface area (Å²) in [6.07, 6.45) is 7.08. The van der Waals surface area contributed by atoms with Gasteiger partial charge in [0.05, 0.1) is 0 Å². The molecule has 6 heteroatoms. The predicted octanol–water partition coefficient (Wildman–Crippen LogP) is 7.12. The van der Waals surface area contributed by atoms with Gasteiger partial charge in [-0.25, -0.2) is 4.79 Å². The SMILES string of the molecule is C=C(/C=C(\C(=C)Sc1c(O)cc(C2CCCCC2)oc1=O)C(C)(C)C)OCC(C)=O.CC. The second-order valence-corrected chi connectivity index (χ2v) is 9.88. The first kappa shape index (κ1) is 27.8. The summed E-state index contributed by atoms with van der Waals surface area (Å²) in [5.41, 5.74) is -0.0948. The van der Waals surface area contributed by atoms with Crippen molar-refractivity contribution in [1.29, 1.82) is 0 Å². The Morgan fingerprint density at radius 1 is 1.25 bits per heavy atom. The van der Waals surface area contributed by atoms with Crippen molar-refractivity contribution >= 4 is 17.5 Å². The average molecular weight is 463 g/mol. The van der Waals surface area contributed by atoms with Gasteiger partial charge in [-0.15, -0.1) is 0 Å². The topological polar surface area (TPSA) is 76.7 Å². The Morgan fingerprint density at radius 2 is 1.84 bits per heavy atom. The molecular weight excluding hydrogens is 424 g/mol. The van der Waals surface area contributed by atoms with Crippen LogP contribution in [-0.4, -0.2) is 17.5 Å². The summed E-state index contributed by atoms with van der Waals surface area (Å²) in [6, 6.07) is 1.57. The van der Waals surface area contributed by atoms with Gasteiger partial charge >= 0.3 is 5.63 Å². The summed E-state index contributed by atoms with van der Waals surface area (Å²) < 4.78 is 10.9. The molecule has 1 aliphatic carbocycles. The molecule has 1 heterocycles. The minimum absolute atomic E-state index is 0.0562. The van der Waals surface area contributed by atoms with Gasteiger partial charge in [0.2, 0.25) is 0 Å². The van der Waals surface area contributed by atoms with Crippen LogP contribution >= 0.6 is 11.8 Å². The standard InChI is InChI=1S/C24H32O5S.C2H6/c1-15(25)14-28-16(2)12-19(24(4,5)6)17(3)30-22-20(26)13-21(29-23(22)27)18-10-8-7-9-11-18;1-2/h12-13,18,26H,2-3,7-11,14H2,1,4-6H3;1-2H3/b19-12+;. The molecule has 0 bridgehead atoms. The summed E-state index contributed by atoms with van der Waals surface area (Å²) in [4.78, 5) is 24.5. The van der Waals surface area contributed by atoms with E-state index in [-0.39, 0.29) is 34.4 Å². The van der Waals surface area contributed by atoms with E-state index in [0.717, 1.165) is 43.0 Å².